The molecule has 6 nitrogen and oxygen atoms in total. The smallest absolute Gasteiger partial charge is 0.344 e. The first-order chi connectivity index (χ1) is 8.20. The van der Waals surface area contributed by atoms with Gasteiger partial charge in [-0.05, 0) is 24.9 Å². The molecule has 1 aromatic rings. The largest absolute Gasteiger partial charge is 0.462 e. The first-order valence-corrected chi connectivity index (χ1v) is 6.13. The standard InChI is InChI=1S/C10H17N3O3S/c1-3-16-10(14)7-8(11)13-17-9(7)12-5-4-6-15-2/h12H,3-6H2,1-2H3,(H2,11,13). The summed E-state index contributed by atoms with van der Waals surface area (Å²) in [5.41, 5.74) is 5.96. The van der Waals surface area contributed by atoms with E-state index in [-0.39, 0.29) is 5.82 Å². The number of rotatable bonds is 7. The van der Waals surface area contributed by atoms with Crippen LogP contribution in [0.1, 0.15) is 23.7 Å². The van der Waals surface area contributed by atoms with Crippen molar-refractivity contribution in [3.8, 4) is 0 Å². The fourth-order valence-electron chi connectivity index (χ4n) is 1.24. The number of hydrogen-bond donors (Lipinski definition) is 2. The fourth-order valence-corrected chi connectivity index (χ4v) is 1.97. The molecule has 1 aromatic heterocycles. The summed E-state index contributed by atoms with van der Waals surface area (Å²) >= 11 is 1.16. The average Bonchev–Trinajstić information content (AvgIpc) is 2.66. The van der Waals surface area contributed by atoms with Crippen LogP contribution in [0, 0.1) is 0 Å². The highest BCUT2D eigenvalue weighted by molar-refractivity contribution is 7.11. The average molecular weight is 259 g/mol. The van der Waals surface area contributed by atoms with Gasteiger partial charge in [0.2, 0.25) is 0 Å². The number of carbonyl (C=O) groups is 1. The predicted octanol–water partition coefficient (Wildman–Crippen LogP) is 1.35. The molecular weight excluding hydrogens is 242 g/mol. The van der Waals surface area contributed by atoms with Crippen LogP contribution in [-0.2, 0) is 9.47 Å². The third-order valence-electron chi connectivity index (χ3n) is 2.01. The lowest BCUT2D eigenvalue weighted by Crippen LogP contribution is -2.11. The Balaban J connectivity index is 2.62. The Morgan fingerprint density at radius 2 is 2.35 bits per heavy atom. The van der Waals surface area contributed by atoms with Crippen LogP contribution in [0.5, 0.6) is 0 Å². The van der Waals surface area contributed by atoms with Crippen molar-refractivity contribution < 1.29 is 14.3 Å². The molecule has 96 valence electrons. The molecule has 0 aromatic carbocycles. The Morgan fingerprint density at radius 1 is 1.59 bits per heavy atom. The van der Waals surface area contributed by atoms with Crippen molar-refractivity contribution in [1.29, 1.82) is 0 Å². The predicted molar refractivity (Wildman–Crippen MR) is 67.5 cm³/mol. The number of carbonyl (C=O) groups excluding carboxylic acids is 1. The zero-order chi connectivity index (χ0) is 12.7. The second kappa shape index (κ2) is 7.08. The molecule has 0 saturated heterocycles. The van der Waals surface area contributed by atoms with Gasteiger partial charge in [-0.3, -0.25) is 0 Å². The molecule has 0 aliphatic heterocycles. The van der Waals surface area contributed by atoms with Crippen molar-refractivity contribution in [3.05, 3.63) is 5.56 Å². The highest BCUT2D eigenvalue weighted by Gasteiger charge is 2.19. The summed E-state index contributed by atoms with van der Waals surface area (Å²) in [6, 6.07) is 0. The highest BCUT2D eigenvalue weighted by Crippen LogP contribution is 2.27. The summed E-state index contributed by atoms with van der Waals surface area (Å²) in [6.45, 7) is 3.43. The molecule has 0 spiro atoms. The molecule has 0 aliphatic carbocycles. The van der Waals surface area contributed by atoms with Gasteiger partial charge in [0.05, 0.1) is 6.61 Å². The van der Waals surface area contributed by atoms with Gasteiger partial charge in [-0.2, -0.15) is 4.37 Å². The van der Waals surface area contributed by atoms with E-state index >= 15 is 0 Å². The molecule has 1 heterocycles. The Bertz CT molecular complexity index is 368. The maximum Gasteiger partial charge on any atom is 0.344 e. The van der Waals surface area contributed by atoms with Gasteiger partial charge in [-0.1, -0.05) is 0 Å². The number of nitrogens with one attached hydrogen (secondary N) is 1. The lowest BCUT2D eigenvalue weighted by Gasteiger charge is -2.06. The van der Waals surface area contributed by atoms with Crippen molar-refractivity contribution in [2.75, 3.05) is 37.9 Å². The molecule has 0 radical (unpaired) electrons. The third kappa shape index (κ3) is 3.86. The summed E-state index contributed by atoms with van der Waals surface area (Å²) in [6.07, 6.45) is 0.844. The lowest BCUT2D eigenvalue weighted by molar-refractivity contribution is 0.0529. The van der Waals surface area contributed by atoms with E-state index in [9.17, 15) is 4.79 Å². The fraction of sp³-hybridized carbons (Fsp3) is 0.600. The van der Waals surface area contributed by atoms with Crippen LogP contribution < -0.4 is 11.1 Å². The first-order valence-electron chi connectivity index (χ1n) is 5.35. The number of methoxy groups -OCH3 is 1. The molecule has 0 fully saturated rings. The van der Waals surface area contributed by atoms with E-state index in [2.05, 4.69) is 9.69 Å². The molecule has 7 heteroatoms. The summed E-state index contributed by atoms with van der Waals surface area (Å²) in [5.74, 6) is -0.226. The Hall–Kier alpha value is -1.34. The van der Waals surface area contributed by atoms with Gasteiger partial charge in [0.15, 0.2) is 5.82 Å². The van der Waals surface area contributed by atoms with E-state index in [1.807, 2.05) is 0 Å². The van der Waals surface area contributed by atoms with Crippen LogP contribution >= 0.6 is 11.5 Å². The molecule has 0 saturated carbocycles. The van der Waals surface area contributed by atoms with Crippen molar-refractivity contribution >= 4 is 28.3 Å². The van der Waals surface area contributed by atoms with Crippen molar-refractivity contribution in [3.63, 3.8) is 0 Å². The normalized spacial score (nSPS) is 10.2. The number of esters is 1. The monoisotopic (exact) mass is 259 g/mol. The Morgan fingerprint density at radius 3 is 3.00 bits per heavy atom. The summed E-state index contributed by atoms with van der Waals surface area (Å²) in [5, 5.41) is 3.75. The first kappa shape index (κ1) is 13.7. The number of nitrogens with two attached hydrogens (primary N) is 1. The molecule has 0 bridgehead atoms. The number of anilines is 2. The molecular formula is C10H17N3O3S. The quantitative estimate of drug-likeness (QED) is 0.568. The second-order valence-corrected chi connectivity index (χ2v) is 4.04. The minimum atomic E-state index is -0.437. The van der Waals surface area contributed by atoms with Crippen molar-refractivity contribution in [2.45, 2.75) is 13.3 Å². The number of ether oxygens (including phenoxy) is 2. The maximum atomic E-state index is 11.6. The van der Waals surface area contributed by atoms with Crippen molar-refractivity contribution in [1.82, 2.24) is 4.37 Å². The molecule has 17 heavy (non-hydrogen) atoms. The Labute approximate surface area is 104 Å². The highest BCUT2D eigenvalue weighted by atomic mass is 32.1. The lowest BCUT2D eigenvalue weighted by atomic mass is 10.3. The van der Waals surface area contributed by atoms with E-state index < -0.39 is 5.97 Å². The van der Waals surface area contributed by atoms with E-state index in [4.69, 9.17) is 15.2 Å². The van der Waals surface area contributed by atoms with E-state index in [1.54, 1.807) is 14.0 Å². The van der Waals surface area contributed by atoms with Crippen molar-refractivity contribution in [2.24, 2.45) is 0 Å². The Kier molecular flexibility index (Phi) is 5.71. The minimum absolute atomic E-state index is 0.211. The van der Waals surface area contributed by atoms with Gasteiger partial charge in [0, 0.05) is 20.3 Å². The number of nitrogen functional groups attached to an aromatic ring is 1. The molecule has 1 rings (SSSR count). The molecule has 0 aliphatic rings. The van der Waals surface area contributed by atoms with Crippen LogP contribution in [0.4, 0.5) is 10.8 Å². The van der Waals surface area contributed by atoms with Crippen LogP contribution in [0.25, 0.3) is 0 Å². The second-order valence-electron chi connectivity index (χ2n) is 3.27. The van der Waals surface area contributed by atoms with Gasteiger partial charge < -0.3 is 20.5 Å². The molecule has 3 N–H and O–H groups in total. The molecule has 0 amide bonds. The van der Waals surface area contributed by atoms with Gasteiger partial charge in [0.25, 0.3) is 0 Å². The van der Waals surface area contributed by atoms with Crippen LogP contribution in [-0.4, -0.2) is 37.2 Å². The minimum Gasteiger partial charge on any atom is -0.462 e. The van der Waals surface area contributed by atoms with Gasteiger partial charge >= 0.3 is 5.97 Å². The summed E-state index contributed by atoms with van der Waals surface area (Å²) in [4.78, 5) is 11.6. The number of hydrogen-bond acceptors (Lipinski definition) is 7. The van der Waals surface area contributed by atoms with E-state index in [0.29, 0.717) is 30.3 Å². The van der Waals surface area contributed by atoms with Gasteiger partial charge in [0.1, 0.15) is 10.6 Å². The summed E-state index contributed by atoms with van der Waals surface area (Å²) < 4.78 is 13.8. The maximum absolute atomic E-state index is 11.6. The van der Waals surface area contributed by atoms with Gasteiger partial charge in [-0.15, -0.1) is 0 Å². The van der Waals surface area contributed by atoms with Crippen LogP contribution in [0.2, 0.25) is 0 Å². The summed E-state index contributed by atoms with van der Waals surface area (Å²) in [7, 11) is 1.65. The zero-order valence-electron chi connectivity index (χ0n) is 9.99. The topological polar surface area (TPSA) is 86.5 Å². The van der Waals surface area contributed by atoms with Crippen LogP contribution in [0.3, 0.4) is 0 Å². The van der Waals surface area contributed by atoms with E-state index in [0.717, 1.165) is 18.0 Å². The number of nitrogens with zero attached hydrogens (tertiary/aromatic N) is 1. The van der Waals surface area contributed by atoms with Crippen LogP contribution in [0.15, 0.2) is 0 Å². The molecule has 0 unspecified atom stereocenters. The SMILES string of the molecule is CCOC(=O)c1c(N)nsc1NCCCOC. The van der Waals surface area contributed by atoms with E-state index in [1.165, 1.54) is 0 Å². The number of aromatic nitrogens is 1. The van der Waals surface area contributed by atoms with Gasteiger partial charge in [-0.25, -0.2) is 4.79 Å². The molecule has 0 atom stereocenters. The zero-order valence-corrected chi connectivity index (χ0v) is 10.8. The third-order valence-corrected chi connectivity index (χ3v) is 2.83.